The summed E-state index contributed by atoms with van der Waals surface area (Å²) >= 11 is 0. The second-order valence-corrected chi connectivity index (χ2v) is 5.35. The van der Waals surface area contributed by atoms with E-state index in [0.29, 0.717) is 0 Å². The fraction of sp³-hybridized carbons (Fsp3) is 0.500. The van der Waals surface area contributed by atoms with Crippen molar-refractivity contribution in [2.24, 2.45) is 11.8 Å². The first-order valence-corrected chi connectivity index (χ1v) is 6.49. The van der Waals surface area contributed by atoms with Gasteiger partial charge in [0.15, 0.2) is 0 Å². The Kier molecular flexibility index (Phi) is 2.08. The number of anilines is 1. The molecule has 4 heteroatoms. The van der Waals surface area contributed by atoms with Crippen LogP contribution < -0.4 is 4.90 Å². The monoisotopic (exact) mass is 245 g/mol. The molecule has 3 fully saturated rings. The van der Waals surface area contributed by atoms with Gasteiger partial charge in [0, 0.05) is 11.6 Å². The van der Waals surface area contributed by atoms with Gasteiger partial charge >= 0.3 is 0 Å². The highest BCUT2D eigenvalue weighted by Crippen LogP contribution is 2.50. The molecule has 1 aromatic rings. The molecule has 3 aliphatic heterocycles. The van der Waals surface area contributed by atoms with E-state index in [0.717, 1.165) is 18.5 Å². The van der Waals surface area contributed by atoms with Crippen molar-refractivity contribution in [3.05, 3.63) is 30.3 Å². The van der Waals surface area contributed by atoms with Crippen molar-refractivity contribution in [2.75, 3.05) is 4.90 Å². The van der Waals surface area contributed by atoms with Gasteiger partial charge in [-0.05, 0) is 25.0 Å². The topological polar surface area (TPSA) is 49.8 Å². The van der Waals surface area contributed by atoms with Crippen LogP contribution >= 0.6 is 0 Å². The van der Waals surface area contributed by atoms with E-state index in [1.54, 1.807) is 4.90 Å². The minimum Gasteiger partial charge on any atom is -0.374 e. The lowest BCUT2D eigenvalue weighted by Gasteiger charge is -2.25. The number of rotatable bonds is 1. The highest BCUT2D eigenvalue weighted by molar-refractivity contribution is 5.98. The largest absolute Gasteiger partial charge is 0.374 e. The van der Waals surface area contributed by atoms with Crippen molar-refractivity contribution in [1.82, 2.24) is 0 Å². The third-order valence-corrected chi connectivity index (χ3v) is 4.50. The zero-order valence-corrected chi connectivity index (χ0v) is 9.90. The van der Waals surface area contributed by atoms with E-state index in [2.05, 4.69) is 0 Å². The second-order valence-electron chi connectivity index (χ2n) is 5.35. The van der Waals surface area contributed by atoms with Crippen LogP contribution in [0.2, 0.25) is 0 Å². The van der Waals surface area contributed by atoms with Gasteiger partial charge in [0.25, 0.3) is 0 Å². The number of benzene rings is 1. The SMILES string of the molecule is O=C1[C@H]2[C@H]([C@@H]3CC[C@H]2O3)[C@@H](O)N1c1ccccc1. The van der Waals surface area contributed by atoms with E-state index in [9.17, 15) is 9.90 Å². The lowest BCUT2D eigenvalue weighted by Crippen LogP contribution is -2.38. The van der Waals surface area contributed by atoms with E-state index < -0.39 is 6.23 Å². The van der Waals surface area contributed by atoms with E-state index in [-0.39, 0.29) is 30.0 Å². The summed E-state index contributed by atoms with van der Waals surface area (Å²) in [5.74, 6) is -0.165. The Morgan fingerprint density at radius 2 is 1.89 bits per heavy atom. The van der Waals surface area contributed by atoms with E-state index in [4.69, 9.17) is 4.74 Å². The number of carbonyl (C=O) groups is 1. The lowest BCUT2D eigenvalue weighted by molar-refractivity contribution is -0.122. The van der Waals surface area contributed by atoms with Crippen LogP contribution in [0.4, 0.5) is 5.69 Å². The van der Waals surface area contributed by atoms with Crippen LogP contribution in [-0.4, -0.2) is 29.4 Å². The Labute approximate surface area is 105 Å². The summed E-state index contributed by atoms with van der Waals surface area (Å²) in [6, 6.07) is 9.41. The molecule has 3 saturated heterocycles. The van der Waals surface area contributed by atoms with Gasteiger partial charge in [-0.3, -0.25) is 9.69 Å². The Bertz CT molecular complexity index is 489. The van der Waals surface area contributed by atoms with Crippen LogP contribution in [0, 0.1) is 11.8 Å². The average molecular weight is 245 g/mol. The molecule has 1 aromatic carbocycles. The number of aliphatic hydroxyl groups excluding tert-OH is 1. The number of nitrogens with zero attached hydrogens (tertiary/aromatic N) is 1. The summed E-state index contributed by atoms with van der Waals surface area (Å²) in [6.07, 6.45) is 1.27. The maximum absolute atomic E-state index is 12.5. The Morgan fingerprint density at radius 1 is 1.17 bits per heavy atom. The summed E-state index contributed by atoms with van der Waals surface area (Å²) in [6.45, 7) is 0. The lowest BCUT2D eigenvalue weighted by atomic mass is 9.81. The van der Waals surface area contributed by atoms with Crippen molar-refractivity contribution in [2.45, 2.75) is 31.3 Å². The van der Waals surface area contributed by atoms with Crippen LogP contribution in [0.1, 0.15) is 12.8 Å². The number of fused-ring (bicyclic) bond motifs is 5. The van der Waals surface area contributed by atoms with Crippen LogP contribution in [0.5, 0.6) is 0 Å². The van der Waals surface area contributed by atoms with Crippen LogP contribution in [-0.2, 0) is 9.53 Å². The van der Waals surface area contributed by atoms with Crippen molar-refractivity contribution < 1.29 is 14.6 Å². The molecule has 0 aliphatic carbocycles. The van der Waals surface area contributed by atoms with Gasteiger partial charge in [0.1, 0.15) is 6.23 Å². The van der Waals surface area contributed by atoms with Crippen molar-refractivity contribution in [3.8, 4) is 0 Å². The number of aliphatic hydroxyl groups is 1. The van der Waals surface area contributed by atoms with Crippen LogP contribution in [0.3, 0.4) is 0 Å². The number of carbonyl (C=O) groups excluding carboxylic acids is 1. The fourth-order valence-corrected chi connectivity index (χ4v) is 3.75. The molecule has 0 aromatic heterocycles. The number of hydrogen-bond acceptors (Lipinski definition) is 3. The Morgan fingerprint density at radius 3 is 2.61 bits per heavy atom. The molecule has 18 heavy (non-hydrogen) atoms. The molecular weight excluding hydrogens is 230 g/mol. The first-order chi connectivity index (χ1) is 8.77. The van der Waals surface area contributed by atoms with E-state index >= 15 is 0 Å². The van der Waals surface area contributed by atoms with Gasteiger partial charge in [0.05, 0.1) is 18.1 Å². The van der Waals surface area contributed by atoms with Crippen LogP contribution in [0.25, 0.3) is 0 Å². The molecule has 4 rings (SSSR count). The molecule has 0 radical (unpaired) electrons. The summed E-state index contributed by atoms with van der Waals surface area (Å²) < 4.78 is 5.76. The minimum absolute atomic E-state index is 0.0194. The standard InChI is InChI=1S/C14H15NO3/c16-13-11-9-6-7-10(18-9)12(11)14(17)15(13)8-4-2-1-3-5-8/h1-5,9-13,16H,6-7H2/t9-,10+,11-,12+,13+/m0/s1. The molecule has 0 spiro atoms. The van der Waals surface area contributed by atoms with Crippen molar-refractivity contribution >= 4 is 11.6 Å². The highest BCUT2D eigenvalue weighted by atomic mass is 16.5. The first-order valence-electron chi connectivity index (χ1n) is 6.49. The van der Waals surface area contributed by atoms with Crippen molar-refractivity contribution in [1.29, 1.82) is 0 Å². The molecule has 94 valence electrons. The number of para-hydroxylation sites is 1. The number of ether oxygens (including phenoxy) is 1. The predicted molar refractivity (Wildman–Crippen MR) is 64.8 cm³/mol. The molecule has 3 heterocycles. The van der Waals surface area contributed by atoms with Gasteiger partial charge in [-0.25, -0.2) is 0 Å². The summed E-state index contributed by atoms with van der Waals surface area (Å²) in [4.78, 5) is 14.0. The maximum atomic E-state index is 12.5. The Balaban J connectivity index is 1.73. The van der Waals surface area contributed by atoms with E-state index in [1.165, 1.54) is 0 Å². The average Bonchev–Trinajstić information content (AvgIpc) is 3.05. The summed E-state index contributed by atoms with van der Waals surface area (Å²) in [5.41, 5.74) is 0.781. The van der Waals surface area contributed by atoms with Crippen molar-refractivity contribution in [3.63, 3.8) is 0 Å². The molecule has 4 nitrogen and oxygen atoms in total. The number of hydrogen-bond donors (Lipinski definition) is 1. The quantitative estimate of drug-likeness (QED) is 0.807. The zero-order valence-electron chi connectivity index (χ0n) is 9.90. The molecule has 0 unspecified atom stereocenters. The second kappa shape index (κ2) is 3.56. The van der Waals surface area contributed by atoms with Gasteiger partial charge in [-0.2, -0.15) is 0 Å². The molecule has 1 amide bonds. The van der Waals surface area contributed by atoms with Gasteiger partial charge < -0.3 is 9.84 Å². The minimum atomic E-state index is -0.736. The predicted octanol–water partition coefficient (Wildman–Crippen LogP) is 1.15. The van der Waals surface area contributed by atoms with Gasteiger partial charge in [0.2, 0.25) is 5.91 Å². The summed E-state index contributed by atoms with van der Waals surface area (Å²) in [5, 5.41) is 10.4. The highest BCUT2D eigenvalue weighted by Gasteiger charge is 2.62. The van der Waals surface area contributed by atoms with Gasteiger partial charge in [-0.15, -0.1) is 0 Å². The molecule has 0 saturated carbocycles. The summed E-state index contributed by atoms with van der Waals surface area (Å²) in [7, 11) is 0. The van der Waals surface area contributed by atoms with Crippen LogP contribution in [0.15, 0.2) is 30.3 Å². The molecule has 5 atom stereocenters. The first kappa shape index (κ1) is 10.5. The molecule has 3 aliphatic rings. The molecule has 1 N–H and O–H groups in total. The van der Waals surface area contributed by atoms with Gasteiger partial charge in [-0.1, -0.05) is 18.2 Å². The third kappa shape index (κ3) is 1.19. The maximum Gasteiger partial charge on any atom is 0.235 e. The fourth-order valence-electron chi connectivity index (χ4n) is 3.75. The molecule has 2 bridgehead atoms. The smallest absolute Gasteiger partial charge is 0.235 e. The van der Waals surface area contributed by atoms with E-state index in [1.807, 2.05) is 30.3 Å². The third-order valence-electron chi connectivity index (χ3n) is 4.50. The Hall–Kier alpha value is -1.39. The normalized spacial score (nSPS) is 41.5. The zero-order chi connectivity index (χ0) is 12.3. The molecular formula is C14H15NO3. The number of amides is 1.